The molecule has 1 aromatic rings. The molecule has 0 N–H and O–H groups in total. The minimum absolute atomic E-state index is 0.330. The van der Waals surface area contributed by atoms with Gasteiger partial charge in [-0.25, -0.2) is 4.79 Å². The predicted molar refractivity (Wildman–Crippen MR) is 60.1 cm³/mol. The molecule has 1 aromatic carbocycles. The van der Waals surface area contributed by atoms with Crippen LogP contribution in [0.1, 0.15) is 15.9 Å². The van der Waals surface area contributed by atoms with E-state index in [9.17, 15) is 9.59 Å². The van der Waals surface area contributed by atoms with E-state index in [0.717, 1.165) is 11.8 Å². The number of cyclic esters (lactones) is 1. The summed E-state index contributed by atoms with van der Waals surface area (Å²) in [6.07, 6.45) is 0.439. The first-order chi connectivity index (χ1) is 8.24. The van der Waals surface area contributed by atoms with Gasteiger partial charge < -0.3 is 14.4 Å². The highest BCUT2D eigenvalue weighted by Gasteiger charge is 2.23. The third-order valence-corrected chi connectivity index (χ3v) is 2.65. The summed E-state index contributed by atoms with van der Waals surface area (Å²) >= 11 is 0. The smallest absolute Gasteiger partial charge is 0.410 e. The van der Waals surface area contributed by atoms with Crippen LogP contribution in [0.3, 0.4) is 0 Å². The van der Waals surface area contributed by atoms with Gasteiger partial charge in [0.1, 0.15) is 18.6 Å². The van der Waals surface area contributed by atoms with E-state index in [2.05, 4.69) is 0 Å². The Morgan fingerprint density at radius 3 is 2.94 bits per heavy atom. The summed E-state index contributed by atoms with van der Waals surface area (Å²) in [5.74, 6) is 0.662. The van der Waals surface area contributed by atoms with E-state index < -0.39 is 0 Å². The van der Waals surface area contributed by atoms with E-state index in [4.69, 9.17) is 9.47 Å². The first-order valence-corrected chi connectivity index (χ1v) is 5.28. The standard InChI is InChI=1S/C12H13NO4/c1-16-11-3-2-9(8-14)6-10(11)7-13-4-5-17-12(13)15/h2-3,6,8H,4-5,7H2,1H3. The minimum Gasteiger partial charge on any atom is -0.496 e. The van der Waals surface area contributed by atoms with Crippen molar-refractivity contribution in [3.8, 4) is 5.75 Å². The molecule has 1 amide bonds. The van der Waals surface area contributed by atoms with E-state index in [1.165, 1.54) is 0 Å². The largest absolute Gasteiger partial charge is 0.496 e. The highest BCUT2D eigenvalue weighted by atomic mass is 16.6. The zero-order valence-electron chi connectivity index (χ0n) is 9.51. The van der Waals surface area contributed by atoms with E-state index in [0.29, 0.717) is 31.0 Å². The van der Waals surface area contributed by atoms with Gasteiger partial charge in [0, 0.05) is 11.1 Å². The fourth-order valence-electron chi connectivity index (χ4n) is 1.77. The van der Waals surface area contributed by atoms with Crippen molar-refractivity contribution in [1.82, 2.24) is 4.90 Å². The van der Waals surface area contributed by atoms with Crippen molar-refractivity contribution < 1.29 is 19.1 Å². The number of ether oxygens (including phenoxy) is 2. The summed E-state index contributed by atoms with van der Waals surface area (Å²) < 4.78 is 10.0. The summed E-state index contributed by atoms with van der Waals surface area (Å²) in [5, 5.41) is 0. The molecule has 0 aliphatic carbocycles. The molecule has 1 aliphatic rings. The van der Waals surface area contributed by atoms with Gasteiger partial charge in [-0.05, 0) is 18.2 Å². The maximum absolute atomic E-state index is 11.3. The Hall–Kier alpha value is -2.04. The SMILES string of the molecule is COc1ccc(C=O)cc1CN1CCOC1=O. The van der Waals surface area contributed by atoms with Gasteiger partial charge in [-0.1, -0.05) is 0 Å². The zero-order valence-corrected chi connectivity index (χ0v) is 9.51. The van der Waals surface area contributed by atoms with Crippen LogP contribution in [0.5, 0.6) is 5.75 Å². The highest BCUT2D eigenvalue weighted by Crippen LogP contribution is 2.22. The second-order valence-corrected chi connectivity index (χ2v) is 3.73. The Labute approximate surface area is 98.9 Å². The molecule has 90 valence electrons. The lowest BCUT2D eigenvalue weighted by Gasteiger charge is -2.15. The van der Waals surface area contributed by atoms with Crippen molar-refractivity contribution in [3.05, 3.63) is 29.3 Å². The lowest BCUT2D eigenvalue weighted by atomic mass is 10.1. The number of carbonyl (C=O) groups excluding carboxylic acids is 2. The maximum atomic E-state index is 11.3. The number of hydrogen-bond donors (Lipinski definition) is 0. The van der Waals surface area contributed by atoms with Gasteiger partial charge in [0.15, 0.2) is 0 Å². The second-order valence-electron chi connectivity index (χ2n) is 3.73. The number of hydrogen-bond acceptors (Lipinski definition) is 4. The van der Waals surface area contributed by atoms with E-state index >= 15 is 0 Å². The predicted octanol–water partition coefficient (Wildman–Crippen LogP) is 1.46. The molecule has 0 saturated carbocycles. The van der Waals surface area contributed by atoms with Crippen molar-refractivity contribution in [3.63, 3.8) is 0 Å². The van der Waals surface area contributed by atoms with Crippen molar-refractivity contribution >= 4 is 12.4 Å². The molecule has 0 unspecified atom stereocenters. The molecule has 1 fully saturated rings. The third-order valence-electron chi connectivity index (χ3n) is 2.65. The molecule has 0 radical (unpaired) electrons. The number of rotatable bonds is 4. The van der Waals surface area contributed by atoms with Crippen molar-refractivity contribution in [1.29, 1.82) is 0 Å². The Morgan fingerprint density at radius 1 is 1.53 bits per heavy atom. The second kappa shape index (κ2) is 4.86. The molecular formula is C12H13NO4. The Kier molecular flexibility index (Phi) is 3.27. The maximum Gasteiger partial charge on any atom is 0.410 e. The molecule has 5 heteroatoms. The molecule has 1 aliphatic heterocycles. The molecule has 0 spiro atoms. The van der Waals surface area contributed by atoms with Gasteiger partial charge in [0.25, 0.3) is 0 Å². The number of carbonyl (C=O) groups is 2. The van der Waals surface area contributed by atoms with E-state index in [1.54, 1.807) is 30.2 Å². The third kappa shape index (κ3) is 2.38. The topological polar surface area (TPSA) is 55.8 Å². The van der Waals surface area contributed by atoms with Gasteiger partial charge >= 0.3 is 6.09 Å². The molecule has 2 rings (SSSR count). The van der Waals surface area contributed by atoms with Crippen LogP contribution in [-0.2, 0) is 11.3 Å². The van der Waals surface area contributed by atoms with Crippen LogP contribution in [0, 0.1) is 0 Å². The first kappa shape index (κ1) is 11.4. The highest BCUT2D eigenvalue weighted by molar-refractivity contribution is 5.76. The monoisotopic (exact) mass is 235 g/mol. The quantitative estimate of drug-likeness (QED) is 0.741. The summed E-state index contributed by atoms with van der Waals surface area (Å²) in [6.45, 7) is 1.37. The summed E-state index contributed by atoms with van der Waals surface area (Å²) in [7, 11) is 1.56. The first-order valence-electron chi connectivity index (χ1n) is 5.28. The lowest BCUT2D eigenvalue weighted by Crippen LogP contribution is -2.23. The Balaban J connectivity index is 2.23. The Bertz CT molecular complexity index is 444. The van der Waals surface area contributed by atoms with E-state index in [-0.39, 0.29) is 6.09 Å². The van der Waals surface area contributed by atoms with Crippen LogP contribution < -0.4 is 4.74 Å². The van der Waals surface area contributed by atoms with Crippen LogP contribution in [-0.4, -0.2) is 37.5 Å². The number of nitrogens with zero attached hydrogens (tertiary/aromatic N) is 1. The number of methoxy groups -OCH3 is 1. The fraction of sp³-hybridized carbons (Fsp3) is 0.333. The summed E-state index contributed by atoms with van der Waals surface area (Å²) in [4.78, 5) is 23.6. The van der Waals surface area contributed by atoms with Gasteiger partial charge in [0.2, 0.25) is 0 Å². The number of aldehydes is 1. The molecule has 17 heavy (non-hydrogen) atoms. The van der Waals surface area contributed by atoms with Crippen LogP contribution >= 0.6 is 0 Å². The molecular weight excluding hydrogens is 222 g/mol. The minimum atomic E-state index is -0.330. The van der Waals surface area contributed by atoms with E-state index in [1.807, 2.05) is 0 Å². The molecule has 0 aromatic heterocycles. The van der Waals surface area contributed by atoms with Crippen molar-refractivity contribution in [2.45, 2.75) is 6.54 Å². The average molecular weight is 235 g/mol. The molecule has 0 bridgehead atoms. The Morgan fingerprint density at radius 2 is 2.35 bits per heavy atom. The van der Waals surface area contributed by atoms with Crippen LogP contribution in [0.2, 0.25) is 0 Å². The van der Waals surface area contributed by atoms with Crippen LogP contribution in [0.15, 0.2) is 18.2 Å². The lowest BCUT2D eigenvalue weighted by molar-refractivity contribution is 0.112. The molecule has 1 saturated heterocycles. The van der Waals surface area contributed by atoms with Crippen LogP contribution in [0.4, 0.5) is 4.79 Å². The van der Waals surface area contributed by atoms with Gasteiger partial charge in [-0.15, -0.1) is 0 Å². The summed E-state index contributed by atoms with van der Waals surface area (Å²) in [6, 6.07) is 5.12. The summed E-state index contributed by atoms with van der Waals surface area (Å²) in [5.41, 5.74) is 1.37. The number of benzene rings is 1. The molecule has 5 nitrogen and oxygen atoms in total. The molecule has 1 heterocycles. The molecule has 0 atom stereocenters. The van der Waals surface area contributed by atoms with Crippen molar-refractivity contribution in [2.75, 3.05) is 20.3 Å². The van der Waals surface area contributed by atoms with Gasteiger partial charge in [0.05, 0.1) is 20.2 Å². The average Bonchev–Trinajstić information content (AvgIpc) is 2.75. The van der Waals surface area contributed by atoms with Crippen molar-refractivity contribution in [2.24, 2.45) is 0 Å². The van der Waals surface area contributed by atoms with Gasteiger partial charge in [-0.3, -0.25) is 4.79 Å². The van der Waals surface area contributed by atoms with Crippen LogP contribution in [0.25, 0.3) is 0 Å². The number of amides is 1. The normalized spacial score (nSPS) is 14.6. The fourth-order valence-corrected chi connectivity index (χ4v) is 1.77. The van der Waals surface area contributed by atoms with Gasteiger partial charge in [-0.2, -0.15) is 0 Å². The zero-order chi connectivity index (χ0) is 12.3.